The third-order valence-electron chi connectivity index (χ3n) is 2.97. The molecule has 0 unspecified atom stereocenters. The lowest BCUT2D eigenvalue weighted by Crippen LogP contribution is -2.43. The lowest BCUT2D eigenvalue weighted by molar-refractivity contribution is 0.270. The Hall–Kier alpha value is -1.38. The standard InChI is InChI=1S/C12H14N2O2S/c1-9-5-11(6-9)14-17(15,16)12-4-2-3-10(7-12)8-13/h2-4,7,9,11,14H,5-6H2,1H3. The Kier molecular flexibility index (Phi) is 3.18. The van der Waals surface area contributed by atoms with Crippen LogP contribution in [0.2, 0.25) is 0 Å². The van der Waals surface area contributed by atoms with Gasteiger partial charge in [0.25, 0.3) is 0 Å². The molecular formula is C12H14N2O2S. The Labute approximate surface area is 101 Å². The number of rotatable bonds is 3. The number of hydrogen-bond donors (Lipinski definition) is 1. The van der Waals surface area contributed by atoms with Crippen molar-refractivity contribution in [1.29, 1.82) is 5.26 Å². The Bertz CT molecular complexity index is 554. The van der Waals surface area contributed by atoms with E-state index in [9.17, 15) is 8.42 Å². The minimum Gasteiger partial charge on any atom is -0.208 e. The molecule has 1 N–H and O–H groups in total. The van der Waals surface area contributed by atoms with Crippen LogP contribution in [0.1, 0.15) is 25.3 Å². The highest BCUT2D eigenvalue weighted by Gasteiger charge is 2.29. The van der Waals surface area contributed by atoms with Gasteiger partial charge in [0.2, 0.25) is 10.0 Å². The lowest BCUT2D eigenvalue weighted by Gasteiger charge is -2.32. The van der Waals surface area contributed by atoms with E-state index in [0.717, 1.165) is 12.8 Å². The SMILES string of the molecule is CC1CC(NS(=O)(=O)c2cccc(C#N)c2)C1. The van der Waals surface area contributed by atoms with Crippen LogP contribution >= 0.6 is 0 Å². The number of nitriles is 1. The van der Waals surface area contributed by atoms with Crippen molar-refractivity contribution in [2.45, 2.75) is 30.7 Å². The topological polar surface area (TPSA) is 70.0 Å². The van der Waals surface area contributed by atoms with Crippen molar-refractivity contribution in [3.8, 4) is 6.07 Å². The molecule has 90 valence electrons. The van der Waals surface area contributed by atoms with Crippen LogP contribution in [0.4, 0.5) is 0 Å². The Balaban J connectivity index is 2.17. The van der Waals surface area contributed by atoms with Crippen molar-refractivity contribution >= 4 is 10.0 Å². The summed E-state index contributed by atoms with van der Waals surface area (Å²) in [6, 6.07) is 8.04. The van der Waals surface area contributed by atoms with Crippen LogP contribution in [0.15, 0.2) is 29.2 Å². The summed E-state index contributed by atoms with van der Waals surface area (Å²) >= 11 is 0. The van der Waals surface area contributed by atoms with Crippen LogP contribution in [0.25, 0.3) is 0 Å². The zero-order chi connectivity index (χ0) is 12.5. The molecule has 0 amide bonds. The first kappa shape index (κ1) is 12.1. The summed E-state index contributed by atoms with van der Waals surface area (Å²) in [5.41, 5.74) is 0.356. The first-order valence-corrected chi connectivity index (χ1v) is 7.02. The molecule has 2 rings (SSSR count). The van der Waals surface area contributed by atoms with Gasteiger partial charge in [-0.1, -0.05) is 13.0 Å². The highest BCUT2D eigenvalue weighted by Crippen LogP contribution is 2.27. The van der Waals surface area contributed by atoms with Gasteiger partial charge in [-0.2, -0.15) is 5.26 Å². The molecule has 0 atom stereocenters. The fourth-order valence-electron chi connectivity index (χ4n) is 2.02. The molecule has 0 spiro atoms. The largest absolute Gasteiger partial charge is 0.240 e. The summed E-state index contributed by atoms with van der Waals surface area (Å²) in [5, 5.41) is 8.74. The predicted molar refractivity (Wildman–Crippen MR) is 63.7 cm³/mol. The van der Waals surface area contributed by atoms with E-state index < -0.39 is 10.0 Å². The van der Waals surface area contributed by atoms with Crippen molar-refractivity contribution in [3.63, 3.8) is 0 Å². The number of nitrogens with one attached hydrogen (secondary N) is 1. The van der Waals surface area contributed by atoms with Crippen molar-refractivity contribution in [3.05, 3.63) is 29.8 Å². The quantitative estimate of drug-likeness (QED) is 0.886. The molecule has 0 aromatic heterocycles. The van der Waals surface area contributed by atoms with Gasteiger partial charge in [0.05, 0.1) is 16.5 Å². The molecule has 0 aliphatic heterocycles. The van der Waals surface area contributed by atoms with Gasteiger partial charge in [0.15, 0.2) is 0 Å². The smallest absolute Gasteiger partial charge is 0.208 e. The van der Waals surface area contributed by atoms with E-state index in [2.05, 4.69) is 11.6 Å². The number of sulfonamides is 1. The second-order valence-corrected chi connectivity index (χ2v) is 6.25. The molecule has 0 radical (unpaired) electrons. The molecule has 1 aliphatic carbocycles. The molecule has 4 nitrogen and oxygen atoms in total. The van der Waals surface area contributed by atoms with Crippen LogP contribution in [0.3, 0.4) is 0 Å². The monoisotopic (exact) mass is 250 g/mol. The van der Waals surface area contributed by atoms with Crippen LogP contribution in [0, 0.1) is 17.2 Å². The van der Waals surface area contributed by atoms with E-state index in [-0.39, 0.29) is 10.9 Å². The van der Waals surface area contributed by atoms with Gasteiger partial charge in [-0.25, -0.2) is 13.1 Å². The predicted octanol–water partition coefficient (Wildman–Crippen LogP) is 1.64. The average Bonchev–Trinajstić information content (AvgIpc) is 2.27. The highest BCUT2D eigenvalue weighted by atomic mass is 32.2. The maximum Gasteiger partial charge on any atom is 0.240 e. The van der Waals surface area contributed by atoms with E-state index in [4.69, 9.17) is 5.26 Å². The van der Waals surface area contributed by atoms with Gasteiger partial charge in [0, 0.05) is 6.04 Å². The molecule has 1 aromatic carbocycles. The van der Waals surface area contributed by atoms with E-state index in [1.54, 1.807) is 12.1 Å². The van der Waals surface area contributed by atoms with Crippen LogP contribution in [-0.2, 0) is 10.0 Å². The molecule has 0 bridgehead atoms. The number of hydrogen-bond acceptors (Lipinski definition) is 3. The van der Waals surface area contributed by atoms with E-state index in [0.29, 0.717) is 11.5 Å². The molecule has 5 heteroatoms. The second-order valence-electron chi connectivity index (χ2n) is 4.53. The summed E-state index contributed by atoms with van der Waals surface area (Å²) in [7, 11) is -3.48. The number of nitrogens with zero attached hydrogens (tertiary/aromatic N) is 1. The van der Waals surface area contributed by atoms with E-state index >= 15 is 0 Å². The van der Waals surface area contributed by atoms with Crippen LogP contribution in [0.5, 0.6) is 0 Å². The van der Waals surface area contributed by atoms with Gasteiger partial charge in [-0.05, 0) is 37.0 Å². The molecular weight excluding hydrogens is 236 g/mol. The Morgan fingerprint density at radius 2 is 2.12 bits per heavy atom. The zero-order valence-electron chi connectivity index (χ0n) is 9.55. The van der Waals surface area contributed by atoms with Gasteiger partial charge >= 0.3 is 0 Å². The summed E-state index contributed by atoms with van der Waals surface area (Å²) in [6.45, 7) is 2.10. The Morgan fingerprint density at radius 3 is 2.71 bits per heavy atom. The summed E-state index contributed by atoms with van der Waals surface area (Å²) in [5.74, 6) is 0.591. The minimum absolute atomic E-state index is 0.0424. The van der Waals surface area contributed by atoms with E-state index in [1.165, 1.54) is 12.1 Å². The molecule has 0 heterocycles. The molecule has 0 saturated heterocycles. The van der Waals surface area contributed by atoms with Gasteiger partial charge in [0.1, 0.15) is 0 Å². The van der Waals surface area contributed by atoms with Crippen molar-refractivity contribution in [2.75, 3.05) is 0 Å². The lowest BCUT2D eigenvalue weighted by atomic mass is 9.83. The van der Waals surface area contributed by atoms with Crippen molar-refractivity contribution in [1.82, 2.24) is 4.72 Å². The summed E-state index contributed by atoms with van der Waals surface area (Å²) in [6.07, 6.45) is 1.77. The van der Waals surface area contributed by atoms with Gasteiger partial charge < -0.3 is 0 Å². The summed E-state index contributed by atoms with van der Waals surface area (Å²) in [4.78, 5) is 0.163. The first-order chi connectivity index (χ1) is 8.01. The fraction of sp³-hybridized carbons (Fsp3) is 0.417. The second kappa shape index (κ2) is 4.47. The fourth-order valence-corrected chi connectivity index (χ4v) is 3.33. The zero-order valence-corrected chi connectivity index (χ0v) is 10.4. The molecule has 1 aliphatic rings. The van der Waals surface area contributed by atoms with Gasteiger partial charge in [-0.3, -0.25) is 0 Å². The van der Waals surface area contributed by atoms with Crippen molar-refractivity contribution in [2.24, 2.45) is 5.92 Å². The van der Waals surface area contributed by atoms with Crippen molar-refractivity contribution < 1.29 is 8.42 Å². The first-order valence-electron chi connectivity index (χ1n) is 5.54. The van der Waals surface area contributed by atoms with E-state index in [1.807, 2.05) is 6.07 Å². The molecule has 1 aromatic rings. The van der Waals surface area contributed by atoms with Crippen LogP contribution < -0.4 is 4.72 Å². The highest BCUT2D eigenvalue weighted by molar-refractivity contribution is 7.89. The normalized spacial score (nSPS) is 23.8. The van der Waals surface area contributed by atoms with Gasteiger partial charge in [-0.15, -0.1) is 0 Å². The molecule has 1 fully saturated rings. The number of benzene rings is 1. The minimum atomic E-state index is -3.48. The third-order valence-corrected chi connectivity index (χ3v) is 4.49. The Morgan fingerprint density at radius 1 is 1.41 bits per heavy atom. The average molecular weight is 250 g/mol. The summed E-state index contributed by atoms with van der Waals surface area (Å²) < 4.78 is 26.6. The molecule has 1 saturated carbocycles. The maximum atomic E-state index is 12.0. The maximum absolute atomic E-state index is 12.0. The van der Waals surface area contributed by atoms with Crippen LogP contribution in [-0.4, -0.2) is 14.5 Å². The molecule has 17 heavy (non-hydrogen) atoms. The third kappa shape index (κ3) is 2.65.